The molecule has 2 fully saturated rings. The lowest BCUT2D eigenvalue weighted by Gasteiger charge is -2.16. The van der Waals surface area contributed by atoms with Crippen LogP contribution in [0.1, 0.15) is 44.9 Å². The smallest absolute Gasteiger partial charge is 0.00173 e. The zero-order chi connectivity index (χ0) is 8.23. The van der Waals surface area contributed by atoms with Crippen molar-refractivity contribution in [3.05, 3.63) is 0 Å². The predicted octanol–water partition coefficient (Wildman–Crippen LogP) is 2.57. The molecular weight excluding hydrogens is 146 g/mol. The van der Waals surface area contributed by atoms with Crippen LogP contribution < -0.4 is 5.32 Å². The van der Waals surface area contributed by atoms with Gasteiger partial charge in [-0.25, -0.2) is 0 Å². The molecule has 2 rings (SSSR count). The van der Waals surface area contributed by atoms with Gasteiger partial charge in [-0.15, -0.1) is 0 Å². The average molecular weight is 167 g/mol. The van der Waals surface area contributed by atoms with Gasteiger partial charge in [0.2, 0.25) is 0 Å². The number of rotatable bonds is 0. The Bertz CT molecular complexity index is 119. The molecule has 1 aliphatic heterocycles. The summed E-state index contributed by atoms with van der Waals surface area (Å²) >= 11 is 0. The van der Waals surface area contributed by atoms with Gasteiger partial charge in [0.25, 0.3) is 0 Å². The predicted molar refractivity (Wildman–Crippen MR) is 52.2 cm³/mol. The number of hydrogen-bond donors (Lipinski definition) is 1. The lowest BCUT2D eigenvalue weighted by Crippen LogP contribution is -2.11. The number of hydrogen-bond acceptors (Lipinski definition) is 1. The molecule has 1 saturated heterocycles. The third-order valence-corrected chi connectivity index (χ3v) is 3.63. The summed E-state index contributed by atoms with van der Waals surface area (Å²) in [6.45, 7) is 2.62. The Kier molecular flexibility index (Phi) is 3.04. The minimum Gasteiger partial charge on any atom is -0.316 e. The SMILES string of the molecule is C1CCCC2CNCC2CCC1. The molecule has 70 valence electrons. The molecule has 2 unspecified atom stereocenters. The van der Waals surface area contributed by atoms with Gasteiger partial charge in [0.15, 0.2) is 0 Å². The maximum Gasteiger partial charge on any atom is -0.00173 e. The van der Waals surface area contributed by atoms with Crippen molar-refractivity contribution in [2.24, 2.45) is 11.8 Å². The van der Waals surface area contributed by atoms with Crippen LogP contribution in [0.4, 0.5) is 0 Å². The first-order chi connectivity index (χ1) is 5.97. The molecule has 0 spiro atoms. The summed E-state index contributed by atoms with van der Waals surface area (Å²) in [6, 6.07) is 0. The maximum atomic E-state index is 3.54. The lowest BCUT2D eigenvalue weighted by atomic mass is 9.89. The van der Waals surface area contributed by atoms with Crippen LogP contribution in [0, 0.1) is 11.8 Å². The number of fused-ring (bicyclic) bond motifs is 1. The molecule has 1 nitrogen and oxygen atoms in total. The van der Waals surface area contributed by atoms with Gasteiger partial charge in [0.1, 0.15) is 0 Å². The standard InChI is InChI=1S/C11H21N/c1-2-4-6-10-8-12-9-11(10)7-5-3-1/h10-12H,1-9H2. The highest BCUT2D eigenvalue weighted by atomic mass is 14.9. The van der Waals surface area contributed by atoms with Gasteiger partial charge in [-0.2, -0.15) is 0 Å². The molecule has 1 aliphatic carbocycles. The molecule has 1 saturated carbocycles. The molecule has 0 aromatic carbocycles. The summed E-state index contributed by atoms with van der Waals surface area (Å²) < 4.78 is 0. The third-order valence-electron chi connectivity index (χ3n) is 3.63. The van der Waals surface area contributed by atoms with Crippen LogP contribution in [-0.4, -0.2) is 13.1 Å². The van der Waals surface area contributed by atoms with Crippen molar-refractivity contribution in [2.75, 3.05) is 13.1 Å². The topological polar surface area (TPSA) is 12.0 Å². The van der Waals surface area contributed by atoms with Crippen LogP contribution in [0.2, 0.25) is 0 Å². The molecule has 12 heavy (non-hydrogen) atoms. The molecule has 0 radical (unpaired) electrons. The Morgan fingerprint density at radius 3 is 1.75 bits per heavy atom. The summed E-state index contributed by atoms with van der Waals surface area (Å²) in [5.41, 5.74) is 0. The van der Waals surface area contributed by atoms with Crippen molar-refractivity contribution in [1.29, 1.82) is 0 Å². The quantitative estimate of drug-likeness (QED) is 0.584. The van der Waals surface area contributed by atoms with Crippen LogP contribution in [0.25, 0.3) is 0 Å². The Balaban J connectivity index is 1.87. The fourth-order valence-electron chi connectivity index (χ4n) is 2.81. The second kappa shape index (κ2) is 4.27. The molecule has 0 aromatic rings. The molecule has 0 aromatic heterocycles. The summed E-state index contributed by atoms with van der Waals surface area (Å²) in [4.78, 5) is 0. The second-order valence-corrected chi connectivity index (χ2v) is 4.52. The van der Waals surface area contributed by atoms with Gasteiger partial charge in [-0.05, 0) is 37.8 Å². The van der Waals surface area contributed by atoms with Gasteiger partial charge < -0.3 is 5.32 Å². The van der Waals surface area contributed by atoms with Crippen LogP contribution in [0.5, 0.6) is 0 Å². The van der Waals surface area contributed by atoms with Crippen molar-refractivity contribution in [2.45, 2.75) is 44.9 Å². The normalized spacial score (nSPS) is 38.0. The Morgan fingerprint density at radius 2 is 1.17 bits per heavy atom. The first-order valence-electron chi connectivity index (χ1n) is 5.67. The molecular formula is C11H21N. The van der Waals surface area contributed by atoms with Crippen LogP contribution in [0.15, 0.2) is 0 Å². The minimum absolute atomic E-state index is 1.03. The fraction of sp³-hybridized carbons (Fsp3) is 1.00. The summed E-state index contributed by atoms with van der Waals surface area (Å²) in [6.07, 6.45) is 10.4. The van der Waals surface area contributed by atoms with E-state index in [1.807, 2.05) is 0 Å². The Morgan fingerprint density at radius 1 is 0.667 bits per heavy atom. The lowest BCUT2D eigenvalue weighted by molar-refractivity contribution is 0.366. The van der Waals surface area contributed by atoms with E-state index in [4.69, 9.17) is 0 Å². The Hall–Kier alpha value is -0.0400. The van der Waals surface area contributed by atoms with E-state index >= 15 is 0 Å². The minimum atomic E-state index is 1.03. The Labute approximate surface area is 75.9 Å². The monoisotopic (exact) mass is 167 g/mol. The zero-order valence-electron chi connectivity index (χ0n) is 8.02. The van der Waals surface area contributed by atoms with E-state index in [0.717, 1.165) is 11.8 Å². The summed E-state index contributed by atoms with van der Waals surface area (Å²) in [7, 11) is 0. The van der Waals surface area contributed by atoms with Gasteiger partial charge in [-0.3, -0.25) is 0 Å². The molecule has 1 heterocycles. The second-order valence-electron chi connectivity index (χ2n) is 4.52. The van der Waals surface area contributed by atoms with Crippen molar-refractivity contribution in [3.63, 3.8) is 0 Å². The van der Waals surface area contributed by atoms with Crippen molar-refractivity contribution in [1.82, 2.24) is 5.32 Å². The van der Waals surface area contributed by atoms with E-state index in [0.29, 0.717) is 0 Å². The van der Waals surface area contributed by atoms with Crippen LogP contribution in [-0.2, 0) is 0 Å². The molecule has 0 amide bonds. The molecule has 2 atom stereocenters. The highest BCUT2D eigenvalue weighted by molar-refractivity contribution is 4.81. The number of nitrogens with one attached hydrogen (secondary N) is 1. The van der Waals surface area contributed by atoms with Gasteiger partial charge >= 0.3 is 0 Å². The average Bonchev–Trinajstić information content (AvgIpc) is 2.50. The van der Waals surface area contributed by atoms with E-state index in [1.165, 1.54) is 58.0 Å². The molecule has 2 aliphatic rings. The summed E-state index contributed by atoms with van der Waals surface area (Å²) in [5.74, 6) is 2.06. The fourth-order valence-corrected chi connectivity index (χ4v) is 2.81. The first kappa shape index (κ1) is 8.55. The molecule has 0 bridgehead atoms. The van der Waals surface area contributed by atoms with Crippen LogP contribution in [0.3, 0.4) is 0 Å². The van der Waals surface area contributed by atoms with Gasteiger partial charge in [0, 0.05) is 0 Å². The van der Waals surface area contributed by atoms with E-state index in [9.17, 15) is 0 Å². The van der Waals surface area contributed by atoms with E-state index in [-0.39, 0.29) is 0 Å². The third kappa shape index (κ3) is 2.01. The highest BCUT2D eigenvalue weighted by Crippen LogP contribution is 2.29. The van der Waals surface area contributed by atoms with Crippen molar-refractivity contribution in [3.8, 4) is 0 Å². The molecule has 1 heteroatoms. The van der Waals surface area contributed by atoms with E-state index in [1.54, 1.807) is 0 Å². The largest absolute Gasteiger partial charge is 0.316 e. The van der Waals surface area contributed by atoms with E-state index < -0.39 is 0 Å². The van der Waals surface area contributed by atoms with Gasteiger partial charge in [0.05, 0.1) is 0 Å². The highest BCUT2D eigenvalue weighted by Gasteiger charge is 2.26. The van der Waals surface area contributed by atoms with Crippen LogP contribution >= 0.6 is 0 Å². The van der Waals surface area contributed by atoms with Crippen molar-refractivity contribution >= 4 is 0 Å². The zero-order valence-corrected chi connectivity index (χ0v) is 8.02. The molecule has 1 N–H and O–H groups in total. The summed E-state index contributed by atoms with van der Waals surface area (Å²) in [5, 5.41) is 3.54. The maximum absolute atomic E-state index is 3.54. The first-order valence-corrected chi connectivity index (χ1v) is 5.67. The van der Waals surface area contributed by atoms with Crippen molar-refractivity contribution < 1.29 is 0 Å². The van der Waals surface area contributed by atoms with E-state index in [2.05, 4.69) is 5.32 Å². The van der Waals surface area contributed by atoms with Gasteiger partial charge in [-0.1, -0.05) is 32.1 Å².